The lowest BCUT2D eigenvalue weighted by Gasteiger charge is -2.08. The highest BCUT2D eigenvalue weighted by Crippen LogP contribution is 2.28. The van der Waals surface area contributed by atoms with Crippen LogP contribution in [0.4, 0.5) is 5.82 Å². The zero-order chi connectivity index (χ0) is 15.4. The fourth-order valence-electron chi connectivity index (χ4n) is 1.57. The Hall–Kier alpha value is -2.49. The molecule has 7 nitrogen and oxygen atoms in total. The van der Waals surface area contributed by atoms with Crippen molar-refractivity contribution >= 4 is 34.7 Å². The number of carbonyl (C=O) groups excluding carboxylic acids is 1. The maximum Gasteiger partial charge on any atom is 0.203 e. The van der Waals surface area contributed by atoms with Crippen LogP contribution in [-0.2, 0) is 0 Å². The molecule has 2 N–H and O–H groups in total. The molecular weight excluding hydrogens is 308 g/mol. The molecule has 0 unspecified atom stereocenters. The van der Waals surface area contributed by atoms with Crippen molar-refractivity contribution in [2.24, 2.45) is 0 Å². The third-order valence-electron chi connectivity index (χ3n) is 2.60. The van der Waals surface area contributed by atoms with Gasteiger partial charge in [0.1, 0.15) is 28.5 Å². The first-order chi connectivity index (χ1) is 10.1. The van der Waals surface area contributed by atoms with E-state index >= 15 is 0 Å². The molecule has 21 heavy (non-hydrogen) atoms. The summed E-state index contributed by atoms with van der Waals surface area (Å²) in [7, 11) is 0. The summed E-state index contributed by atoms with van der Waals surface area (Å²) < 4.78 is 0. The molecule has 0 aromatic carbocycles. The van der Waals surface area contributed by atoms with Crippen molar-refractivity contribution in [3.63, 3.8) is 0 Å². The van der Waals surface area contributed by atoms with Gasteiger partial charge in [-0.3, -0.25) is 4.79 Å². The number of rotatable bonds is 4. The molecule has 0 bridgehead atoms. The maximum absolute atomic E-state index is 11.9. The second-order valence-electron chi connectivity index (χ2n) is 3.86. The van der Waals surface area contributed by atoms with E-state index in [9.17, 15) is 10.1 Å². The number of ketones is 1. The van der Waals surface area contributed by atoms with Gasteiger partial charge in [-0.1, -0.05) is 23.1 Å². The second-order valence-corrected chi connectivity index (χ2v) is 5.65. The molecule has 9 heteroatoms. The number of Topliss-reactive ketones (excluding diaryl/α,β-unsaturated/α-hetero) is 1. The zero-order valence-electron chi connectivity index (χ0n) is 10.8. The predicted molar refractivity (Wildman–Crippen MR) is 77.8 cm³/mol. The van der Waals surface area contributed by atoms with Crippen LogP contribution in [0.5, 0.6) is 0 Å². The maximum atomic E-state index is 11.9. The van der Waals surface area contributed by atoms with Gasteiger partial charge in [0.25, 0.3) is 0 Å². The van der Waals surface area contributed by atoms with E-state index in [0.29, 0.717) is 15.6 Å². The first-order valence-electron chi connectivity index (χ1n) is 5.61. The van der Waals surface area contributed by atoms with Gasteiger partial charge in [0.05, 0.1) is 16.9 Å². The highest BCUT2D eigenvalue weighted by molar-refractivity contribution is 8.00. The van der Waals surface area contributed by atoms with E-state index in [0.717, 1.165) is 23.1 Å². The van der Waals surface area contributed by atoms with Crippen molar-refractivity contribution in [3.05, 3.63) is 27.2 Å². The molecule has 0 amide bonds. The molecule has 2 aromatic heterocycles. The normalized spacial score (nSPS) is 9.86. The highest BCUT2D eigenvalue weighted by Gasteiger charge is 2.18. The number of hydrogen-bond donors (Lipinski definition) is 1. The van der Waals surface area contributed by atoms with Gasteiger partial charge in [0, 0.05) is 0 Å². The number of carbonyl (C=O) groups is 1. The first kappa shape index (κ1) is 14.9. The van der Waals surface area contributed by atoms with Gasteiger partial charge in [0.15, 0.2) is 5.01 Å². The summed E-state index contributed by atoms with van der Waals surface area (Å²) in [4.78, 5) is 15.9. The topological polar surface area (TPSA) is 129 Å². The molecule has 104 valence electrons. The summed E-state index contributed by atoms with van der Waals surface area (Å²) in [6.07, 6.45) is 0. The Morgan fingerprint density at radius 2 is 2.14 bits per heavy atom. The first-order valence-corrected chi connectivity index (χ1v) is 7.47. The molecule has 0 fully saturated rings. The third kappa shape index (κ3) is 2.99. The SMILES string of the molecule is Cc1c(C#N)c(N)nc(SCC(=O)c2nncs2)c1C#N. The summed E-state index contributed by atoms with van der Waals surface area (Å²) >= 11 is 2.24. The molecule has 0 atom stereocenters. The lowest BCUT2D eigenvalue weighted by molar-refractivity contribution is 0.102. The van der Waals surface area contributed by atoms with Crippen LogP contribution in [0.3, 0.4) is 0 Å². The van der Waals surface area contributed by atoms with Crippen molar-refractivity contribution in [1.29, 1.82) is 10.5 Å². The molecule has 0 saturated heterocycles. The van der Waals surface area contributed by atoms with Crippen molar-refractivity contribution in [2.45, 2.75) is 11.9 Å². The van der Waals surface area contributed by atoms with Crippen LogP contribution >= 0.6 is 23.1 Å². The number of hydrogen-bond acceptors (Lipinski definition) is 9. The number of aromatic nitrogens is 3. The van der Waals surface area contributed by atoms with Crippen molar-refractivity contribution < 1.29 is 4.79 Å². The molecule has 2 aromatic rings. The Morgan fingerprint density at radius 3 is 2.71 bits per heavy atom. The Bertz CT molecular complexity index is 773. The monoisotopic (exact) mass is 316 g/mol. The van der Waals surface area contributed by atoms with Crippen LogP contribution in [0, 0.1) is 29.6 Å². The Kier molecular flexibility index (Phi) is 4.48. The van der Waals surface area contributed by atoms with Crippen LogP contribution in [0.2, 0.25) is 0 Å². The van der Waals surface area contributed by atoms with Crippen molar-refractivity contribution in [2.75, 3.05) is 11.5 Å². The number of nitrogens with zero attached hydrogens (tertiary/aromatic N) is 5. The van der Waals surface area contributed by atoms with Crippen LogP contribution in [0.15, 0.2) is 10.5 Å². The fraction of sp³-hybridized carbons (Fsp3) is 0.167. The molecular formula is C12H8N6OS2. The molecule has 2 heterocycles. The fourth-order valence-corrected chi connectivity index (χ4v) is 3.06. The number of thioether (sulfide) groups is 1. The number of nitrogens with two attached hydrogens (primary N) is 1. The molecule has 2 rings (SSSR count). The van der Waals surface area contributed by atoms with Gasteiger partial charge in [-0.2, -0.15) is 10.5 Å². The zero-order valence-corrected chi connectivity index (χ0v) is 12.5. The Balaban J connectivity index is 2.27. The van der Waals surface area contributed by atoms with Gasteiger partial charge in [-0.25, -0.2) is 4.98 Å². The number of pyridine rings is 1. The van der Waals surface area contributed by atoms with Crippen molar-refractivity contribution in [1.82, 2.24) is 15.2 Å². The van der Waals surface area contributed by atoms with E-state index in [-0.39, 0.29) is 28.5 Å². The van der Waals surface area contributed by atoms with Gasteiger partial charge in [-0.05, 0) is 12.5 Å². The van der Waals surface area contributed by atoms with Gasteiger partial charge >= 0.3 is 0 Å². The summed E-state index contributed by atoms with van der Waals surface area (Å²) in [5.41, 5.74) is 8.09. The Morgan fingerprint density at radius 1 is 1.43 bits per heavy atom. The summed E-state index contributed by atoms with van der Waals surface area (Å²) in [5.74, 6) is -0.0737. The average molecular weight is 316 g/mol. The van der Waals surface area contributed by atoms with Gasteiger partial charge in [0.2, 0.25) is 5.78 Å². The molecule has 0 aliphatic heterocycles. The highest BCUT2D eigenvalue weighted by atomic mass is 32.2. The van der Waals surface area contributed by atoms with E-state index in [1.807, 2.05) is 12.1 Å². The van der Waals surface area contributed by atoms with Gasteiger partial charge < -0.3 is 5.73 Å². The second kappa shape index (κ2) is 6.31. The van der Waals surface area contributed by atoms with E-state index in [1.165, 1.54) is 5.51 Å². The average Bonchev–Trinajstić information content (AvgIpc) is 2.99. The van der Waals surface area contributed by atoms with Crippen LogP contribution in [-0.4, -0.2) is 26.7 Å². The van der Waals surface area contributed by atoms with Crippen molar-refractivity contribution in [3.8, 4) is 12.1 Å². The summed E-state index contributed by atoms with van der Waals surface area (Å²) in [6, 6.07) is 3.92. The lowest BCUT2D eigenvalue weighted by Crippen LogP contribution is -2.06. The minimum atomic E-state index is -0.200. The van der Waals surface area contributed by atoms with E-state index in [1.54, 1.807) is 6.92 Å². The molecule has 0 saturated carbocycles. The summed E-state index contributed by atoms with van der Waals surface area (Å²) in [6.45, 7) is 1.63. The molecule has 0 aliphatic carbocycles. The molecule has 0 spiro atoms. The van der Waals surface area contributed by atoms with Crippen LogP contribution in [0.1, 0.15) is 26.5 Å². The largest absolute Gasteiger partial charge is 0.383 e. The minimum Gasteiger partial charge on any atom is -0.383 e. The van der Waals surface area contributed by atoms with E-state index in [4.69, 9.17) is 11.0 Å². The number of anilines is 1. The quantitative estimate of drug-likeness (QED) is 0.664. The minimum absolute atomic E-state index is 0.0554. The molecule has 0 radical (unpaired) electrons. The third-order valence-corrected chi connectivity index (χ3v) is 4.31. The number of nitriles is 2. The van der Waals surface area contributed by atoms with E-state index in [2.05, 4.69) is 15.2 Å². The number of nitrogen functional groups attached to an aromatic ring is 1. The Labute approximate surface area is 128 Å². The standard InChI is InChI=1S/C12H8N6OS2/c1-6-7(2-13)10(15)17-11(8(6)3-14)20-4-9(19)12-18-16-5-21-12/h5H,4H2,1H3,(H2,15,17). The van der Waals surface area contributed by atoms with Gasteiger partial charge in [-0.15, -0.1) is 10.2 Å². The summed E-state index contributed by atoms with van der Waals surface area (Å²) in [5, 5.41) is 26.1. The molecule has 0 aliphatic rings. The smallest absolute Gasteiger partial charge is 0.203 e. The van der Waals surface area contributed by atoms with Crippen LogP contribution < -0.4 is 5.73 Å². The lowest BCUT2D eigenvalue weighted by atomic mass is 10.1. The predicted octanol–water partition coefficient (Wildman–Crippen LogP) is 1.54. The van der Waals surface area contributed by atoms with Crippen LogP contribution in [0.25, 0.3) is 0 Å². The van der Waals surface area contributed by atoms with E-state index < -0.39 is 0 Å².